The molecule has 2 rings (SSSR count). The van der Waals surface area contributed by atoms with Gasteiger partial charge in [-0.15, -0.1) is 0 Å². The number of aliphatic hydroxyl groups is 1. The Morgan fingerprint density at radius 2 is 2.06 bits per heavy atom. The van der Waals surface area contributed by atoms with Crippen LogP contribution in [0.25, 0.3) is 0 Å². The van der Waals surface area contributed by atoms with Crippen molar-refractivity contribution in [3.05, 3.63) is 17.5 Å². The molecule has 5 nitrogen and oxygen atoms in total. The molecule has 1 saturated heterocycles. The van der Waals surface area contributed by atoms with Gasteiger partial charge in [0.15, 0.2) is 0 Å². The first-order valence-corrected chi connectivity index (χ1v) is 6.23. The van der Waals surface area contributed by atoms with Gasteiger partial charge in [-0.3, -0.25) is 9.88 Å². The van der Waals surface area contributed by atoms with Crippen LogP contribution in [0.15, 0.2) is 12.4 Å². The van der Waals surface area contributed by atoms with Crippen LogP contribution < -0.4 is 4.90 Å². The van der Waals surface area contributed by atoms with Crippen LogP contribution in [0.2, 0.25) is 5.15 Å². The highest BCUT2D eigenvalue weighted by molar-refractivity contribution is 6.29. The summed E-state index contributed by atoms with van der Waals surface area (Å²) in [5.74, 6) is 0.808. The number of anilines is 1. The highest BCUT2D eigenvalue weighted by atomic mass is 35.5. The number of aromatic nitrogens is 2. The van der Waals surface area contributed by atoms with E-state index in [4.69, 9.17) is 11.6 Å². The highest BCUT2D eigenvalue weighted by Gasteiger charge is 2.21. The summed E-state index contributed by atoms with van der Waals surface area (Å²) in [6.45, 7) is 5.34. The molecular formula is C11H17ClN4O. The zero-order chi connectivity index (χ0) is 12.3. The fraction of sp³-hybridized carbons (Fsp3) is 0.636. The number of nitrogens with zero attached hydrogens (tertiary/aromatic N) is 4. The van der Waals surface area contributed by atoms with Crippen LogP contribution >= 0.6 is 11.6 Å². The van der Waals surface area contributed by atoms with Gasteiger partial charge in [0.25, 0.3) is 0 Å². The lowest BCUT2D eigenvalue weighted by Crippen LogP contribution is -2.50. The molecule has 0 radical (unpaired) electrons. The fourth-order valence-corrected chi connectivity index (χ4v) is 2.14. The molecule has 1 aromatic heterocycles. The Bertz CT molecular complexity index is 368. The lowest BCUT2D eigenvalue weighted by molar-refractivity contribution is -0.00200. The number of halogens is 1. The van der Waals surface area contributed by atoms with E-state index in [1.165, 1.54) is 6.20 Å². The van der Waals surface area contributed by atoms with E-state index in [0.29, 0.717) is 5.15 Å². The van der Waals surface area contributed by atoms with Gasteiger partial charge in [-0.05, 0) is 6.42 Å². The maximum absolute atomic E-state index is 9.74. The second-order valence-corrected chi connectivity index (χ2v) is 4.50. The lowest BCUT2D eigenvalue weighted by atomic mass is 10.2. The van der Waals surface area contributed by atoms with Crippen molar-refractivity contribution in [1.82, 2.24) is 14.9 Å². The van der Waals surface area contributed by atoms with Gasteiger partial charge in [-0.25, -0.2) is 4.98 Å². The summed E-state index contributed by atoms with van der Waals surface area (Å²) in [6, 6.07) is 0. The Morgan fingerprint density at radius 1 is 1.35 bits per heavy atom. The Hall–Kier alpha value is -0.910. The second-order valence-electron chi connectivity index (χ2n) is 4.11. The minimum absolute atomic E-state index is 0.331. The van der Waals surface area contributed by atoms with Crippen LogP contribution in [0.5, 0.6) is 0 Å². The van der Waals surface area contributed by atoms with Gasteiger partial charge in [0.05, 0.1) is 12.4 Å². The van der Waals surface area contributed by atoms with E-state index in [2.05, 4.69) is 19.8 Å². The van der Waals surface area contributed by atoms with Gasteiger partial charge >= 0.3 is 0 Å². The number of hydrogen-bond acceptors (Lipinski definition) is 5. The summed E-state index contributed by atoms with van der Waals surface area (Å²) in [6.07, 6.45) is 3.68. The maximum Gasteiger partial charge on any atom is 0.149 e. The first-order valence-electron chi connectivity index (χ1n) is 5.85. The molecular weight excluding hydrogens is 240 g/mol. The van der Waals surface area contributed by atoms with Crippen LogP contribution in [0.4, 0.5) is 5.82 Å². The Balaban J connectivity index is 1.95. The van der Waals surface area contributed by atoms with E-state index in [0.717, 1.165) is 38.4 Å². The highest BCUT2D eigenvalue weighted by Crippen LogP contribution is 2.15. The van der Waals surface area contributed by atoms with Crippen LogP contribution in [0.3, 0.4) is 0 Å². The number of piperazine rings is 1. The average molecular weight is 257 g/mol. The predicted molar refractivity (Wildman–Crippen MR) is 67.1 cm³/mol. The van der Waals surface area contributed by atoms with E-state index in [1.807, 2.05) is 6.92 Å². The normalized spacial score (nSPS) is 19.4. The van der Waals surface area contributed by atoms with Crippen molar-refractivity contribution in [3.8, 4) is 0 Å². The first kappa shape index (κ1) is 12.5. The summed E-state index contributed by atoms with van der Waals surface area (Å²) in [5, 5.41) is 10.2. The van der Waals surface area contributed by atoms with Crippen molar-refractivity contribution in [3.63, 3.8) is 0 Å². The molecule has 0 aliphatic carbocycles. The molecule has 1 N–H and O–H groups in total. The quantitative estimate of drug-likeness (QED) is 0.874. The van der Waals surface area contributed by atoms with Gasteiger partial charge in [0, 0.05) is 26.2 Å². The summed E-state index contributed by atoms with van der Waals surface area (Å²) in [5.41, 5.74) is 0. The van der Waals surface area contributed by atoms with E-state index >= 15 is 0 Å². The molecule has 6 heteroatoms. The lowest BCUT2D eigenvalue weighted by Gasteiger charge is -2.37. The predicted octanol–water partition coefficient (Wildman–Crippen LogP) is 0.980. The summed E-state index contributed by atoms with van der Waals surface area (Å²) in [7, 11) is 0. The van der Waals surface area contributed by atoms with Crippen molar-refractivity contribution in [2.75, 3.05) is 31.1 Å². The zero-order valence-electron chi connectivity index (χ0n) is 9.88. The molecule has 0 spiro atoms. The minimum Gasteiger partial charge on any atom is -0.378 e. The molecule has 1 unspecified atom stereocenters. The molecule has 1 aliphatic heterocycles. The number of rotatable bonds is 3. The number of aliphatic hydroxyl groups excluding tert-OH is 1. The van der Waals surface area contributed by atoms with Crippen molar-refractivity contribution < 1.29 is 5.11 Å². The number of hydrogen-bond donors (Lipinski definition) is 1. The van der Waals surface area contributed by atoms with Crippen LogP contribution in [0, 0.1) is 0 Å². The van der Waals surface area contributed by atoms with Crippen molar-refractivity contribution in [2.45, 2.75) is 19.6 Å². The zero-order valence-corrected chi connectivity index (χ0v) is 10.6. The Kier molecular flexibility index (Phi) is 4.15. The first-order chi connectivity index (χ1) is 8.20. The smallest absolute Gasteiger partial charge is 0.149 e. The largest absolute Gasteiger partial charge is 0.378 e. The van der Waals surface area contributed by atoms with Crippen molar-refractivity contribution >= 4 is 17.4 Å². The van der Waals surface area contributed by atoms with Gasteiger partial charge in [0.2, 0.25) is 0 Å². The standard InChI is InChI=1S/C11H17ClN4O/c1-2-11(17)16-5-3-15(4-6-16)10-8-13-7-9(12)14-10/h7-8,11,17H,2-6H2,1H3. The van der Waals surface area contributed by atoms with Crippen molar-refractivity contribution in [2.24, 2.45) is 0 Å². The third-order valence-corrected chi connectivity index (χ3v) is 3.20. The molecule has 17 heavy (non-hydrogen) atoms. The van der Waals surface area contributed by atoms with Crippen LogP contribution in [-0.2, 0) is 0 Å². The Labute approximate surface area is 106 Å². The SMILES string of the molecule is CCC(O)N1CCN(c2cncc(Cl)n2)CC1. The molecule has 0 saturated carbocycles. The monoisotopic (exact) mass is 256 g/mol. The molecule has 2 heterocycles. The van der Waals surface area contributed by atoms with Crippen LogP contribution in [-0.4, -0.2) is 52.4 Å². The summed E-state index contributed by atoms with van der Waals surface area (Å²) in [4.78, 5) is 12.5. The second kappa shape index (κ2) is 5.62. The van der Waals surface area contributed by atoms with E-state index in [9.17, 15) is 5.11 Å². The van der Waals surface area contributed by atoms with Gasteiger partial charge in [-0.2, -0.15) is 0 Å². The fourth-order valence-electron chi connectivity index (χ4n) is 1.99. The van der Waals surface area contributed by atoms with Crippen molar-refractivity contribution in [1.29, 1.82) is 0 Å². The molecule has 0 aromatic carbocycles. The molecule has 0 amide bonds. The van der Waals surface area contributed by atoms with E-state index in [1.54, 1.807) is 6.20 Å². The molecule has 1 atom stereocenters. The minimum atomic E-state index is -0.331. The van der Waals surface area contributed by atoms with Gasteiger partial charge < -0.3 is 10.0 Å². The Morgan fingerprint density at radius 3 is 2.65 bits per heavy atom. The third kappa shape index (κ3) is 3.06. The summed E-state index contributed by atoms with van der Waals surface area (Å²) < 4.78 is 0. The third-order valence-electron chi connectivity index (χ3n) is 3.02. The average Bonchev–Trinajstić information content (AvgIpc) is 2.38. The molecule has 1 aliphatic rings. The van der Waals surface area contributed by atoms with E-state index < -0.39 is 0 Å². The molecule has 1 aromatic rings. The van der Waals surface area contributed by atoms with Gasteiger partial charge in [-0.1, -0.05) is 18.5 Å². The molecule has 94 valence electrons. The van der Waals surface area contributed by atoms with E-state index in [-0.39, 0.29) is 6.23 Å². The van der Waals surface area contributed by atoms with Crippen LogP contribution in [0.1, 0.15) is 13.3 Å². The maximum atomic E-state index is 9.74. The van der Waals surface area contributed by atoms with Gasteiger partial charge in [0.1, 0.15) is 17.2 Å². The molecule has 1 fully saturated rings. The summed E-state index contributed by atoms with van der Waals surface area (Å²) >= 11 is 5.81. The topological polar surface area (TPSA) is 52.5 Å². The molecule has 0 bridgehead atoms.